The molecule has 2 heterocycles. The van der Waals surface area contributed by atoms with Gasteiger partial charge >= 0.3 is 0 Å². The van der Waals surface area contributed by atoms with E-state index in [1.165, 1.54) is 10.6 Å². The number of fused-ring (bicyclic) bond motifs is 1. The van der Waals surface area contributed by atoms with Gasteiger partial charge < -0.3 is 14.4 Å². The molecule has 0 saturated carbocycles. The SMILES string of the molecule is CC1(C)Cc2cccc(OCC(=O)N3CCN(S(C)(=O)=O)CC3)c2O1. The predicted octanol–water partition coefficient (Wildman–Crippen LogP) is 0.883. The third kappa shape index (κ3) is 4.07. The first-order valence-corrected chi connectivity index (χ1v) is 10.2. The first-order valence-electron chi connectivity index (χ1n) is 8.32. The minimum absolute atomic E-state index is 0.0842. The van der Waals surface area contributed by atoms with Gasteiger partial charge in [0.25, 0.3) is 5.91 Å². The van der Waals surface area contributed by atoms with E-state index in [1.54, 1.807) is 11.0 Å². The molecule has 1 amide bonds. The number of hydrogen-bond acceptors (Lipinski definition) is 5. The molecule has 0 atom stereocenters. The van der Waals surface area contributed by atoms with Crippen molar-refractivity contribution < 1.29 is 22.7 Å². The summed E-state index contributed by atoms with van der Waals surface area (Å²) in [5.74, 6) is 1.14. The Kier molecular flexibility index (Phi) is 4.68. The van der Waals surface area contributed by atoms with Crippen molar-refractivity contribution in [3.05, 3.63) is 23.8 Å². The van der Waals surface area contributed by atoms with Crippen molar-refractivity contribution >= 4 is 15.9 Å². The number of piperazine rings is 1. The number of ether oxygens (including phenoxy) is 2. The van der Waals surface area contributed by atoms with Gasteiger partial charge in [-0.25, -0.2) is 8.42 Å². The highest BCUT2D eigenvalue weighted by Crippen LogP contribution is 2.41. The van der Waals surface area contributed by atoms with Gasteiger partial charge in [0, 0.05) is 38.2 Å². The lowest BCUT2D eigenvalue weighted by molar-refractivity contribution is -0.134. The monoisotopic (exact) mass is 368 g/mol. The number of rotatable bonds is 4. The largest absolute Gasteiger partial charge is 0.483 e. The van der Waals surface area contributed by atoms with Gasteiger partial charge in [-0.05, 0) is 19.9 Å². The Morgan fingerprint density at radius 3 is 2.56 bits per heavy atom. The third-order valence-corrected chi connectivity index (χ3v) is 5.77. The van der Waals surface area contributed by atoms with E-state index in [-0.39, 0.29) is 18.1 Å². The maximum Gasteiger partial charge on any atom is 0.260 e. The lowest BCUT2D eigenvalue weighted by Gasteiger charge is -2.33. The molecule has 0 bridgehead atoms. The zero-order valence-electron chi connectivity index (χ0n) is 14.8. The van der Waals surface area contributed by atoms with Crippen LogP contribution in [0.5, 0.6) is 11.5 Å². The molecule has 8 heteroatoms. The Bertz CT molecular complexity index is 767. The van der Waals surface area contributed by atoms with Crippen LogP contribution >= 0.6 is 0 Å². The molecule has 1 fully saturated rings. The van der Waals surface area contributed by atoms with Crippen LogP contribution in [0.2, 0.25) is 0 Å². The number of benzene rings is 1. The molecule has 1 saturated heterocycles. The van der Waals surface area contributed by atoms with Gasteiger partial charge in [-0.1, -0.05) is 12.1 Å². The van der Waals surface area contributed by atoms with E-state index in [0.29, 0.717) is 37.7 Å². The van der Waals surface area contributed by atoms with Crippen LogP contribution in [0.3, 0.4) is 0 Å². The Hall–Kier alpha value is -1.80. The highest BCUT2D eigenvalue weighted by atomic mass is 32.2. The minimum Gasteiger partial charge on any atom is -0.483 e. The van der Waals surface area contributed by atoms with Crippen molar-refractivity contribution in [2.24, 2.45) is 0 Å². The molecule has 0 radical (unpaired) electrons. The fraction of sp³-hybridized carbons (Fsp3) is 0.588. The fourth-order valence-electron chi connectivity index (χ4n) is 3.20. The Morgan fingerprint density at radius 2 is 1.92 bits per heavy atom. The van der Waals surface area contributed by atoms with E-state index < -0.39 is 10.0 Å². The summed E-state index contributed by atoms with van der Waals surface area (Å²) in [6.07, 6.45) is 1.99. The van der Waals surface area contributed by atoms with Gasteiger partial charge in [-0.2, -0.15) is 4.31 Å². The number of amides is 1. The molecule has 1 aromatic rings. The maximum absolute atomic E-state index is 12.3. The molecule has 2 aliphatic rings. The second-order valence-electron chi connectivity index (χ2n) is 7.11. The zero-order chi connectivity index (χ0) is 18.2. The van der Waals surface area contributed by atoms with Gasteiger partial charge in [0.1, 0.15) is 5.60 Å². The van der Waals surface area contributed by atoms with Crippen molar-refractivity contribution in [1.82, 2.24) is 9.21 Å². The normalized spacial score (nSPS) is 20.0. The standard InChI is InChI=1S/C17H24N2O5S/c1-17(2)11-13-5-4-6-14(16(13)24-17)23-12-15(20)18-7-9-19(10-8-18)25(3,21)22/h4-6H,7-12H2,1-3H3. The number of nitrogens with zero attached hydrogens (tertiary/aromatic N) is 2. The highest BCUT2D eigenvalue weighted by Gasteiger charge is 2.32. The summed E-state index contributed by atoms with van der Waals surface area (Å²) in [5.41, 5.74) is 0.810. The van der Waals surface area contributed by atoms with Crippen LogP contribution in [-0.2, 0) is 21.2 Å². The van der Waals surface area contributed by atoms with Crippen LogP contribution in [0.15, 0.2) is 18.2 Å². The first kappa shape index (κ1) is 18.0. The van der Waals surface area contributed by atoms with Gasteiger partial charge in [0.2, 0.25) is 10.0 Å². The molecule has 2 aliphatic heterocycles. The summed E-state index contributed by atoms with van der Waals surface area (Å²) in [7, 11) is -3.20. The second-order valence-corrected chi connectivity index (χ2v) is 9.10. The van der Waals surface area contributed by atoms with Gasteiger partial charge in [-0.3, -0.25) is 4.79 Å². The van der Waals surface area contributed by atoms with Crippen molar-refractivity contribution in [2.45, 2.75) is 25.9 Å². The molecule has 0 aliphatic carbocycles. The fourth-order valence-corrected chi connectivity index (χ4v) is 4.03. The first-order chi connectivity index (χ1) is 11.7. The summed E-state index contributed by atoms with van der Waals surface area (Å²) >= 11 is 0. The van der Waals surface area contributed by atoms with E-state index in [0.717, 1.165) is 12.0 Å². The summed E-state index contributed by atoms with van der Waals surface area (Å²) < 4.78 is 36.1. The van der Waals surface area contributed by atoms with E-state index in [1.807, 2.05) is 26.0 Å². The third-order valence-electron chi connectivity index (χ3n) is 4.47. The van der Waals surface area contributed by atoms with Crippen molar-refractivity contribution in [3.8, 4) is 11.5 Å². The Labute approximate surface area is 148 Å². The quantitative estimate of drug-likeness (QED) is 0.789. The van der Waals surface area contributed by atoms with Crippen LogP contribution in [-0.4, -0.2) is 68.2 Å². The van der Waals surface area contributed by atoms with Crippen molar-refractivity contribution in [1.29, 1.82) is 0 Å². The lowest BCUT2D eigenvalue weighted by Crippen LogP contribution is -2.51. The number of para-hydroxylation sites is 1. The second kappa shape index (κ2) is 6.49. The average Bonchev–Trinajstić information content (AvgIpc) is 2.86. The molecule has 3 rings (SSSR count). The molecular weight excluding hydrogens is 344 g/mol. The molecule has 0 spiro atoms. The van der Waals surface area contributed by atoms with Gasteiger partial charge in [0.05, 0.1) is 6.26 Å². The molecule has 7 nitrogen and oxygen atoms in total. The maximum atomic E-state index is 12.3. The van der Waals surface area contributed by atoms with Crippen LogP contribution in [0.1, 0.15) is 19.4 Å². The van der Waals surface area contributed by atoms with Crippen molar-refractivity contribution in [3.63, 3.8) is 0 Å². The van der Waals surface area contributed by atoms with Gasteiger partial charge in [-0.15, -0.1) is 0 Å². The van der Waals surface area contributed by atoms with Crippen LogP contribution < -0.4 is 9.47 Å². The molecule has 0 N–H and O–H groups in total. The van der Waals surface area contributed by atoms with E-state index >= 15 is 0 Å². The number of carbonyl (C=O) groups excluding carboxylic acids is 1. The Morgan fingerprint density at radius 1 is 1.24 bits per heavy atom. The highest BCUT2D eigenvalue weighted by molar-refractivity contribution is 7.88. The molecule has 138 valence electrons. The van der Waals surface area contributed by atoms with Crippen LogP contribution in [0, 0.1) is 0 Å². The topological polar surface area (TPSA) is 76.2 Å². The predicted molar refractivity (Wildman–Crippen MR) is 93.3 cm³/mol. The summed E-state index contributed by atoms with van der Waals surface area (Å²) in [6, 6.07) is 5.70. The summed E-state index contributed by atoms with van der Waals surface area (Å²) in [6.45, 7) is 5.36. The Balaban J connectivity index is 1.57. The molecule has 1 aromatic carbocycles. The van der Waals surface area contributed by atoms with Crippen molar-refractivity contribution in [2.75, 3.05) is 39.0 Å². The van der Waals surface area contributed by atoms with E-state index in [4.69, 9.17) is 9.47 Å². The lowest BCUT2D eigenvalue weighted by atomic mass is 10.0. The molecule has 0 unspecified atom stereocenters. The summed E-state index contributed by atoms with van der Waals surface area (Å²) in [5, 5.41) is 0. The molecular formula is C17H24N2O5S. The molecule has 25 heavy (non-hydrogen) atoms. The minimum atomic E-state index is -3.20. The zero-order valence-corrected chi connectivity index (χ0v) is 15.6. The summed E-state index contributed by atoms with van der Waals surface area (Å²) in [4.78, 5) is 14.0. The van der Waals surface area contributed by atoms with Crippen LogP contribution in [0.4, 0.5) is 0 Å². The molecule has 0 aromatic heterocycles. The average molecular weight is 368 g/mol. The van der Waals surface area contributed by atoms with Gasteiger partial charge in [0.15, 0.2) is 18.1 Å². The number of sulfonamides is 1. The smallest absolute Gasteiger partial charge is 0.260 e. The van der Waals surface area contributed by atoms with E-state index in [2.05, 4.69) is 0 Å². The number of carbonyl (C=O) groups is 1. The van der Waals surface area contributed by atoms with E-state index in [9.17, 15) is 13.2 Å². The van der Waals surface area contributed by atoms with Crippen LogP contribution in [0.25, 0.3) is 0 Å². The number of hydrogen-bond donors (Lipinski definition) is 0.